The number of rotatable bonds is 6. The van der Waals surface area contributed by atoms with E-state index in [4.69, 9.17) is 5.41 Å². The summed E-state index contributed by atoms with van der Waals surface area (Å²) in [6.45, 7) is 13.4. The molecule has 0 heterocycles. The van der Waals surface area contributed by atoms with Crippen molar-refractivity contribution in [1.82, 2.24) is 0 Å². The molecule has 0 unspecified atom stereocenters. The van der Waals surface area contributed by atoms with E-state index in [-0.39, 0.29) is 0 Å². The van der Waals surface area contributed by atoms with Crippen LogP contribution in [-0.2, 0) is 0 Å². The monoisotopic (exact) mass is 183 g/mol. The third-order valence-electron chi connectivity index (χ3n) is 2.94. The van der Waals surface area contributed by atoms with Crippen LogP contribution in [0.2, 0.25) is 0 Å². The molecule has 0 rings (SSSR count). The second kappa shape index (κ2) is 5.18. The number of allylic oxidation sites excluding steroid dienone is 1. The average Bonchev–Trinajstić information content (AvgIpc) is 2.13. The molecule has 0 saturated carbocycles. The third-order valence-corrected chi connectivity index (χ3v) is 2.94. The first kappa shape index (κ1) is 12.4. The van der Waals surface area contributed by atoms with Crippen LogP contribution in [0.3, 0.4) is 0 Å². The van der Waals surface area contributed by atoms with Crippen LogP contribution in [0.15, 0.2) is 12.2 Å². The molecule has 0 saturated heterocycles. The molecular formula is C11H23N2+. The smallest absolute Gasteiger partial charge is 0.0840 e. The summed E-state index contributed by atoms with van der Waals surface area (Å²) in [5.74, 6) is 0. The van der Waals surface area contributed by atoms with Crippen molar-refractivity contribution in [3.05, 3.63) is 12.2 Å². The van der Waals surface area contributed by atoms with Crippen LogP contribution in [0.1, 0.15) is 27.2 Å². The molecule has 0 atom stereocenters. The highest BCUT2D eigenvalue weighted by Gasteiger charge is 2.16. The Labute approximate surface area is 82.4 Å². The number of nitrogens with one attached hydrogen (secondary N) is 1. The van der Waals surface area contributed by atoms with Gasteiger partial charge in [-0.2, -0.15) is 0 Å². The van der Waals surface area contributed by atoms with Crippen molar-refractivity contribution in [2.24, 2.45) is 0 Å². The average molecular weight is 183 g/mol. The molecule has 0 amide bonds. The van der Waals surface area contributed by atoms with Crippen LogP contribution in [-0.4, -0.2) is 36.9 Å². The molecular weight excluding hydrogens is 160 g/mol. The van der Waals surface area contributed by atoms with Gasteiger partial charge in [-0.15, -0.1) is 0 Å². The lowest BCUT2D eigenvalue weighted by Gasteiger charge is -2.32. The van der Waals surface area contributed by atoms with Crippen LogP contribution >= 0.6 is 0 Å². The molecule has 2 heteroatoms. The predicted octanol–water partition coefficient (Wildman–Crippen LogP) is 2.46. The largest absolute Gasteiger partial charge is 0.326 e. The summed E-state index contributed by atoms with van der Waals surface area (Å²) in [5, 5.41) is 7.66. The molecule has 0 spiro atoms. The lowest BCUT2D eigenvalue weighted by atomic mass is 10.1. The Balaban J connectivity index is 4.00. The van der Waals surface area contributed by atoms with Gasteiger partial charge in [0, 0.05) is 12.1 Å². The maximum Gasteiger partial charge on any atom is 0.0840 e. The molecule has 0 bridgehead atoms. The van der Waals surface area contributed by atoms with Gasteiger partial charge in [-0.3, -0.25) is 0 Å². The summed E-state index contributed by atoms with van der Waals surface area (Å²) in [5.41, 5.74) is 1.60. The van der Waals surface area contributed by atoms with Crippen LogP contribution in [0.25, 0.3) is 0 Å². The molecule has 0 aliphatic carbocycles. The van der Waals surface area contributed by atoms with Crippen molar-refractivity contribution in [3.63, 3.8) is 0 Å². The zero-order valence-corrected chi connectivity index (χ0v) is 9.48. The van der Waals surface area contributed by atoms with E-state index in [1.54, 1.807) is 0 Å². The fourth-order valence-electron chi connectivity index (χ4n) is 1.13. The molecule has 0 fully saturated rings. The van der Waals surface area contributed by atoms with E-state index in [2.05, 4.69) is 27.5 Å². The fraction of sp³-hybridized carbons (Fsp3) is 0.727. The van der Waals surface area contributed by atoms with Crippen molar-refractivity contribution in [3.8, 4) is 0 Å². The topological polar surface area (TPSA) is 23.9 Å². The predicted molar refractivity (Wildman–Crippen MR) is 59.3 cm³/mol. The molecule has 0 aliphatic rings. The molecule has 76 valence electrons. The van der Waals surface area contributed by atoms with E-state index in [1.807, 2.05) is 6.92 Å². The second-order valence-electron chi connectivity index (χ2n) is 3.98. The minimum absolute atomic E-state index is 0.700. The van der Waals surface area contributed by atoms with Crippen molar-refractivity contribution >= 4 is 5.71 Å². The van der Waals surface area contributed by atoms with E-state index < -0.39 is 0 Å². The Bertz CT molecular complexity index is 190. The van der Waals surface area contributed by atoms with Gasteiger partial charge in [0.25, 0.3) is 0 Å². The minimum Gasteiger partial charge on any atom is -0.326 e. The van der Waals surface area contributed by atoms with Crippen molar-refractivity contribution in [1.29, 1.82) is 5.41 Å². The van der Waals surface area contributed by atoms with E-state index in [9.17, 15) is 0 Å². The molecule has 0 aromatic carbocycles. The molecule has 0 radical (unpaired) electrons. The zero-order valence-electron chi connectivity index (χ0n) is 9.48. The van der Waals surface area contributed by atoms with Crippen molar-refractivity contribution in [2.45, 2.75) is 27.2 Å². The Morgan fingerprint density at radius 2 is 1.77 bits per heavy atom. The SMILES string of the molecule is C=C(C)C(=N)CC[N+](C)(CC)CC. The van der Waals surface area contributed by atoms with Gasteiger partial charge in [-0.05, 0) is 26.3 Å². The number of hydrogen-bond donors (Lipinski definition) is 1. The Kier molecular flexibility index (Phi) is 4.92. The lowest BCUT2D eigenvalue weighted by Crippen LogP contribution is -2.44. The van der Waals surface area contributed by atoms with Gasteiger partial charge in [0.1, 0.15) is 0 Å². The third kappa shape index (κ3) is 4.23. The number of quaternary nitrogens is 1. The highest BCUT2D eigenvalue weighted by atomic mass is 15.3. The van der Waals surface area contributed by atoms with Gasteiger partial charge >= 0.3 is 0 Å². The molecule has 13 heavy (non-hydrogen) atoms. The second-order valence-corrected chi connectivity index (χ2v) is 3.98. The first-order valence-corrected chi connectivity index (χ1v) is 5.02. The van der Waals surface area contributed by atoms with Gasteiger partial charge < -0.3 is 9.89 Å². The van der Waals surface area contributed by atoms with Gasteiger partial charge in [0.05, 0.1) is 26.7 Å². The molecule has 0 aromatic heterocycles. The Hall–Kier alpha value is -0.630. The molecule has 0 aliphatic heterocycles. The quantitative estimate of drug-likeness (QED) is 0.483. The summed E-state index contributed by atoms with van der Waals surface area (Å²) in [4.78, 5) is 0. The fourth-order valence-corrected chi connectivity index (χ4v) is 1.13. The van der Waals surface area contributed by atoms with Crippen LogP contribution in [0.5, 0.6) is 0 Å². The maximum absolute atomic E-state index is 7.66. The molecule has 2 nitrogen and oxygen atoms in total. The maximum atomic E-state index is 7.66. The highest BCUT2D eigenvalue weighted by Crippen LogP contribution is 2.05. The summed E-state index contributed by atoms with van der Waals surface area (Å²) in [6.07, 6.45) is 0.855. The number of hydrogen-bond acceptors (Lipinski definition) is 1. The molecule has 1 N–H and O–H groups in total. The van der Waals surface area contributed by atoms with Crippen LogP contribution in [0.4, 0.5) is 0 Å². The van der Waals surface area contributed by atoms with E-state index in [1.165, 1.54) is 0 Å². The van der Waals surface area contributed by atoms with Crippen molar-refractivity contribution < 1.29 is 4.48 Å². The summed E-state index contributed by atoms with van der Waals surface area (Å²) in [7, 11) is 2.24. The Morgan fingerprint density at radius 1 is 1.31 bits per heavy atom. The molecule has 0 aromatic rings. The van der Waals surface area contributed by atoms with Gasteiger partial charge in [-0.25, -0.2) is 0 Å². The standard InChI is InChI=1S/C11H23N2/c1-6-13(5,7-2)9-8-11(12)10(3)4/h12H,3,6-9H2,1-2,4-5H3/q+1. The first-order valence-electron chi connectivity index (χ1n) is 5.02. The van der Waals surface area contributed by atoms with Crippen LogP contribution < -0.4 is 0 Å². The van der Waals surface area contributed by atoms with E-state index in [0.29, 0.717) is 5.71 Å². The van der Waals surface area contributed by atoms with Crippen molar-refractivity contribution in [2.75, 3.05) is 26.7 Å². The van der Waals surface area contributed by atoms with E-state index >= 15 is 0 Å². The van der Waals surface area contributed by atoms with Gasteiger partial charge in [0.2, 0.25) is 0 Å². The number of nitrogens with zero attached hydrogens (tertiary/aromatic N) is 1. The van der Waals surface area contributed by atoms with E-state index in [0.717, 1.165) is 36.1 Å². The highest BCUT2D eigenvalue weighted by molar-refractivity contribution is 5.96. The van der Waals surface area contributed by atoms with Gasteiger partial charge in [-0.1, -0.05) is 6.58 Å². The minimum atomic E-state index is 0.700. The summed E-state index contributed by atoms with van der Waals surface area (Å²) in [6, 6.07) is 0. The first-order chi connectivity index (χ1) is 5.95. The van der Waals surface area contributed by atoms with Crippen LogP contribution in [0, 0.1) is 5.41 Å². The zero-order chi connectivity index (χ0) is 10.5. The summed E-state index contributed by atoms with van der Waals surface area (Å²) >= 11 is 0. The Morgan fingerprint density at radius 3 is 2.08 bits per heavy atom. The van der Waals surface area contributed by atoms with Gasteiger partial charge in [0.15, 0.2) is 0 Å². The lowest BCUT2D eigenvalue weighted by molar-refractivity contribution is -0.905. The summed E-state index contributed by atoms with van der Waals surface area (Å²) < 4.78 is 1.05. The normalized spacial score (nSPS) is 11.4.